The average molecular weight is 356 g/mol. The third-order valence-electron chi connectivity index (χ3n) is 3.66. The Hall–Kier alpha value is -2.93. The zero-order valence-electron chi connectivity index (χ0n) is 15.3. The molecule has 26 heavy (non-hydrogen) atoms. The molecule has 1 heterocycles. The second kappa shape index (κ2) is 9.53. The first kappa shape index (κ1) is 19.4. The van der Waals surface area contributed by atoms with Crippen LogP contribution in [0.4, 0.5) is 11.5 Å². The normalized spacial score (nSPS) is 10.5. The van der Waals surface area contributed by atoms with Crippen molar-refractivity contribution in [1.29, 1.82) is 0 Å². The number of amides is 1. The Morgan fingerprint density at radius 3 is 2.62 bits per heavy atom. The van der Waals surface area contributed by atoms with Crippen LogP contribution < -0.4 is 10.6 Å². The van der Waals surface area contributed by atoms with E-state index in [1.807, 2.05) is 14.1 Å². The van der Waals surface area contributed by atoms with Crippen LogP contribution in [-0.2, 0) is 4.74 Å². The molecule has 0 atom stereocenters. The highest BCUT2D eigenvalue weighted by molar-refractivity contribution is 6.04. The highest BCUT2D eigenvalue weighted by Crippen LogP contribution is 2.13. The number of pyridine rings is 1. The number of esters is 1. The maximum absolute atomic E-state index is 12.3. The van der Waals surface area contributed by atoms with E-state index in [1.165, 1.54) is 13.3 Å². The minimum Gasteiger partial charge on any atom is -0.465 e. The van der Waals surface area contributed by atoms with E-state index < -0.39 is 5.97 Å². The van der Waals surface area contributed by atoms with E-state index in [0.717, 1.165) is 25.3 Å². The zero-order valence-corrected chi connectivity index (χ0v) is 15.3. The number of anilines is 2. The summed E-state index contributed by atoms with van der Waals surface area (Å²) in [5, 5.41) is 5.97. The summed E-state index contributed by atoms with van der Waals surface area (Å²) in [7, 11) is 5.38. The van der Waals surface area contributed by atoms with Gasteiger partial charge in [0, 0.05) is 18.4 Å². The summed E-state index contributed by atoms with van der Waals surface area (Å²) < 4.78 is 4.68. The Labute approximate surface area is 153 Å². The molecule has 0 radical (unpaired) electrons. The maximum atomic E-state index is 12.3. The topological polar surface area (TPSA) is 83.6 Å². The molecule has 1 aromatic heterocycles. The predicted octanol–water partition coefficient (Wildman–Crippen LogP) is 2.48. The van der Waals surface area contributed by atoms with Crippen LogP contribution in [0.25, 0.3) is 0 Å². The van der Waals surface area contributed by atoms with Crippen LogP contribution in [0.1, 0.15) is 27.1 Å². The highest BCUT2D eigenvalue weighted by atomic mass is 16.5. The summed E-state index contributed by atoms with van der Waals surface area (Å²) in [6.07, 6.45) is 2.53. The number of nitrogens with zero attached hydrogens (tertiary/aromatic N) is 2. The molecule has 0 saturated heterocycles. The van der Waals surface area contributed by atoms with E-state index in [9.17, 15) is 9.59 Å². The monoisotopic (exact) mass is 356 g/mol. The molecule has 138 valence electrons. The lowest BCUT2D eigenvalue weighted by atomic mass is 10.2. The van der Waals surface area contributed by atoms with Gasteiger partial charge in [0.2, 0.25) is 0 Å². The summed E-state index contributed by atoms with van der Waals surface area (Å²) in [6, 6.07) is 10.1. The standard InChI is InChI=1S/C19H24N4O3/c1-23(2)11-5-10-20-17-9-8-15(13-21-17)18(24)22-16-7-4-6-14(12-16)19(25)26-3/h4,6-9,12-13H,5,10-11H2,1-3H3,(H,20,21)(H,22,24). The van der Waals surface area contributed by atoms with Gasteiger partial charge in [0.05, 0.1) is 18.2 Å². The molecule has 7 nitrogen and oxygen atoms in total. The van der Waals surface area contributed by atoms with E-state index in [0.29, 0.717) is 16.8 Å². The van der Waals surface area contributed by atoms with Gasteiger partial charge in [-0.05, 0) is 57.4 Å². The molecule has 0 aliphatic rings. The van der Waals surface area contributed by atoms with Gasteiger partial charge in [0.15, 0.2) is 0 Å². The van der Waals surface area contributed by atoms with Gasteiger partial charge in [-0.2, -0.15) is 0 Å². The Balaban J connectivity index is 1.92. The second-order valence-electron chi connectivity index (χ2n) is 6.04. The van der Waals surface area contributed by atoms with Crippen molar-refractivity contribution in [2.24, 2.45) is 0 Å². The first-order valence-electron chi connectivity index (χ1n) is 8.34. The molecule has 2 N–H and O–H groups in total. The Kier molecular flexibility index (Phi) is 7.11. The van der Waals surface area contributed by atoms with E-state index in [-0.39, 0.29) is 5.91 Å². The molecule has 0 aliphatic carbocycles. The quantitative estimate of drug-likeness (QED) is 0.558. The molecule has 2 rings (SSSR count). The van der Waals surface area contributed by atoms with Crippen molar-refractivity contribution in [3.63, 3.8) is 0 Å². The van der Waals surface area contributed by atoms with Crippen molar-refractivity contribution >= 4 is 23.4 Å². The van der Waals surface area contributed by atoms with Crippen molar-refractivity contribution in [3.05, 3.63) is 53.7 Å². The molecule has 1 aromatic carbocycles. The Morgan fingerprint density at radius 1 is 1.15 bits per heavy atom. The van der Waals surface area contributed by atoms with Gasteiger partial charge >= 0.3 is 5.97 Å². The molecular weight excluding hydrogens is 332 g/mol. The number of nitrogens with one attached hydrogen (secondary N) is 2. The number of carbonyl (C=O) groups is 2. The Bertz CT molecular complexity index is 745. The van der Waals surface area contributed by atoms with Crippen LogP contribution in [0.3, 0.4) is 0 Å². The van der Waals surface area contributed by atoms with Crippen LogP contribution >= 0.6 is 0 Å². The van der Waals surface area contributed by atoms with Crippen molar-refractivity contribution < 1.29 is 14.3 Å². The predicted molar refractivity (Wildman–Crippen MR) is 102 cm³/mol. The highest BCUT2D eigenvalue weighted by Gasteiger charge is 2.10. The number of methoxy groups -OCH3 is 1. The third-order valence-corrected chi connectivity index (χ3v) is 3.66. The molecule has 1 amide bonds. The summed E-state index contributed by atoms with van der Waals surface area (Å²) in [5.41, 5.74) is 1.33. The van der Waals surface area contributed by atoms with Crippen LogP contribution in [0.2, 0.25) is 0 Å². The number of hydrogen-bond donors (Lipinski definition) is 2. The van der Waals surface area contributed by atoms with Crippen LogP contribution in [0.15, 0.2) is 42.6 Å². The van der Waals surface area contributed by atoms with Gasteiger partial charge in [-0.1, -0.05) is 6.07 Å². The lowest BCUT2D eigenvalue weighted by Crippen LogP contribution is -2.17. The van der Waals surface area contributed by atoms with Gasteiger partial charge in [-0.3, -0.25) is 4.79 Å². The van der Waals surface area contributed by atoms with E-state index in [2.05, 4.69) is 25.3 Å². The van der Waals surface area contributed by atoms with Gasteiger partial charge in [0.1, 0.15) is 5.82 Å². The maximum Gasteiger partial charge on any atom is 0.337 e. The lowest BCUT2D eigenvalue weighted by molar-refractivity contribution is 0.0600. The van der Waals surface area contributed by atoms with Crippen molar-refractivity contribution in [2.75, 3.05) is 44.9 Å². The van der Waals surface area contributed by atoms with Crippen molar-refractivity contribution in [3.8, 4) is 0 Å². The van der Waals surface area contributed by atoms with Gasteiger partial charge in [0.25, 0.3) is 5.91 Å². The zero-order chi connectivity index (χ0) is 18.9. The van der Waals surface area contributed by atoms with Crippen molar-refractivity contribution in [2.45, 2.75) is 6.42 Å². The molecule has 0 spiro atoms. The smallest absolute Gasteiger partial charge is 0.337 e. The summed E-state index contributed by atoms with van der Waals surface area (Å²) in [6.45, 7) is 1.81. The van der Waals surface area contributed by atoms with Crippen LogP contribution in [-0.4, -0.2) is 56.1 Å². The van der Waals surface area contributed by atoms with Gasteiger partial charge in [-0.15, -0.1) is 0 Å². The number of ether oxygens (including phenoxy) is 1. The van der Waals surface area contributed by atoms with Crippen LogP contribution in [0, 0.1) is 0 Å². The fourth-order valence-corrected chi connectivity index (χ4v) is 2.29. The summed E-state index contributed by atoms with van der Waals surface area (Å²) >= 11 is 0. The number of hydrogen-bond acceptors (Lipinski definition) is 6. The number of benzene rings is 1. The minimum absolute atomic E-state index is 0.293. The largest absolute Gasteiger partial charge is 0.465 e. The molecule has 2 aromatic rings. The summed E-state index contributed by atoms with van der Waals surface area (Å²) in [5.74, 6) is -0.0147. The minimum atomic E-state index is -0.451. The average Bonchev–Trinajstić information content (AvgIpc) is 2.65. The number of aromatic nitrogens is 1. The van der Waals surface area contributed by atoms with Crippen molar-refractivity contribution in [1.82, 2.24) is 9.88 Å². The molecule has 7 heteroatoms. The lowest BCUT2D eigenvalue weighted by Gasteiger charge is -2.10. The first-order valence-corrected chi connectivity index (χ1v) is 8.34. The third kappa shape index (κ3) is 5.86. The van der Waals surface area contributed by atoms with E-state index >= 15 is 0 Å². The Morgan fingerprint density at radius 2 is 1.96 bits per heavy atom. The van der Waals surface area contributed by atoms with Gasteiger partial charge in [-0.25, -0.2) is 9.78 Å². The van der Waals surface area contributed by atoms with Gasteiger partial charge < -0.3 is 20.3 Å². The molecule has 0 unspecified atom stereocenters. The SMILES string of the molecule is COC(=O)c1cccc(NC(=O)c2ccc(NCCCN(C)C)nc2)c1. The summed E-state index contributed by atoms with van der Waals surface area (Å²) in [4.78, 5) is 30.2. The molecule has 0 saturated carbocycles. The first-order chi connectivity index (χ1) is 12.5. The number of rotatable bonds is 8. The number of carbonyl (C=O) groups excluding carboxylic acids is 2. The van der Waals surface area contributed by atoms with E-state index in [4.69, 9.17) is 0 Å². The molecule has 0 bridgehead atoms. The molecule has 0 aliphatic heterocycles. The molecular formula is C19H24N4O3. The van der Waals surface area contributed by atoms with Crippen LogP contribution in [0.5, 0.6) is 0 Å². The molecule has 0 fully saturated rings. The second-order valence-corrected chi connectivity index (χ2v) is 6.04. The fourth-order valence-electron chi connectivity index (χ4n) is 2.29. The fraction of sp³-hybridized carbons (Fsp3) is 0.316. The van der Waals surface area contributed by atoms with E-state index in [1.54, 1.807) is 36.4 Å².